The summed E-state index contributed by atoms with van der Waals surface area (Å²) in [5, 5.41) is 6.81. The van der Waals surface area contributed by atoms with Crippen molar-refractivity contribution in [3.63, 3.8) is 0 Å². The molecule has 0 aliphatic heterocycles. The fourth-order valence-electron chi connectivity index (χ4n) is 2.50. The summed E-state index contributed by atoms with van der Waals surface area (Å²) in [6.07, 6.45) is 6.00. The van der Waals surface area contributed by atoms with Gasteiger partial charge in [-0.15, -0.1) is 5.10 Å². The minimum atomic E-state index is -0.935. The van der Waals surface area contributed by atoms with Crippen molar-refractivity contribution < 1.29 is 23.7 Å². The number of amides is 1. The smallest absolute Gasteiger partial charge is 0.408 e. The second-order valence-corrected chi connectivity index (χ2v) is 7.14. The van der Waals surface area contributed by atoms with E-state index in [0.29, 0.717) is 16.9 Å². The van der Waals surface area contributed by atoms with E-state index in [0.717, 1.165) is 0 Å². The maximum atomic E-state index is 12.1. The minimum Gasteiger partial charge on any atom is -0.464 e. The molecule has 152 valence electrons. The zero-order valence-corrected chi connectivity index (χ0v) is 16.7. The molecule has 3 aromatic rings. The quantitative estimate of drug-likeness (QED) is 0.389. The van der Waals surface area contributed by atoms with Crippen LogP contribution in [0.3, 0.4) is 0 Å². The van der Waals surface area contributed by atoms with Crippen molar-refractivity contribution in [2.75, 3.05) is 6.61 Å². The number of hydrogen-bond donors (Lipinski definition) is 1. The monoisotopic (exact) mass is 398 g/mol. The van der Waals surface area contributed by atoms with E-state index >= 15 is 0 Å². The topological polar surface area (TPSA) is 113 Å². The average Bonchev–Trinajstić information content (AvgIpc) is 3.17. The van der Waals surface area contributed by atoms with Gasteiger partial charge in [-0.2, -0.15) is 4.52 Å². The van der Waals surface area contributed by atoms with E-state index < -0.39 is 23.7 Å². The van der Waals surface area contributed by atoms with Gasteiger partial charge < -0.3 is 19.8 Å². The third-order valence-corrected chi connectivity index (χ3v) is 3.61. The van der Waals surface area contributed by atoms with Gasteiger partial charge in [0.05, 0.1) is 12.2 Å². The first kappa shape index (κ1) is 20.1. The highest BCUT2D eigenvalue weighted by Gasteiger charge is 2.24. The number of nitrogens with one attached hydrogen (secondary N) is 1. The molecule has 1 N–H and O–H groups in total. The molecule has 0 saturated heterocycles. The average molecular weight is 398 g/mol. The third-order valence-electron chi connectivity index (χ3n) is 3.61. The van der Waals surface area contributed by atoms with Crippen molar-refractivity contribution in [2.45, 2.75) is 45.8 Å². The van der Waals surface area contributed by atoms with Crippen LogP contribution in [0.4, 0.5) is 4.79 Å². The largest absolute Gasteiger partial charge is 0.464 e. The number of ether oxygens (including phenoxy) is 2. The van der Waals surface area contributed by atoms with Crippen molar-refractivity contribution in [3.05, 3.63) is 30.4 Å². The molecule has 0 radical (unpaired) electrons. The van der Waals surface area contributed by atoms with Gasteiger partial charge in [0.2, 0.25) is 6.20 Å². The van der Waals surface area contributed by atoms with Crippen LogP contribution in [0.25, 0.3) is 11.3 Å². The molecule has 1 amide bonds. The van der Waals surface area contributed by atoms with Crippen LogP contribution in [0.2, 0.25) is 0 Å². The summed E-state index contributed by atoms with van der Waals surface area (Å²) >= 11 is 0. The van der Waals surface area contributed by atoms with E-state index in [1.165, 1.54) is 0 Å². The van der Waals surface area contributed by atoms with Gasteiger partial charge in [0, 0.05) is 18.8 Å². The van der Waals surface area contributed by atoms with Crippen LogP contribution < -0.4 is 15.0 Å². The molecule has 0 spiro atoms. The van der Waals surface area contributed by atoms with E-state index in [1.54, 1.807) is 61.6 Å². The molecule has 1 unspecified atom stereocenters. The van der Waals surface area contributed by atoms with Gasteiger partial charge in [0.1, 0.15) is 17.3 Å². The van der Waals surface area contributed by atoms with Gasteiger partial charge in [-0.1, -0.05) is 16.5 Å². The predicted octanol–water partition coefficient (Wildman–Crippen LogP) is 0.623. The van der Waals surface area contributed by atoms with Gasteiger partial charge in [-0.05, 0) is 33.9 Å². The summed E-state index contributed by atoms with van der Waals surface area (Å²) in [6.45, 7) is 7.11. The summed E-state index contributed by atoms with van der Waals surface area (Å²) in [7, 11) is 0. The molecule has 0 saturated carbocycles. The molecular formula is C19H22N6O4. The van der Waals surface area contributed by atoms with E-state index in [2.05, 4.69) is 32.2 Å². The Hall–Kier alpha value is -3.61. The van der Waals surface area contributed by atoms with Crippen molar-refractivity contribution in [1.82, 2.24) is 24.9 Å². The van der Waals surface area contributed by atoms with Gasteiger partial charge in [0.15, 0.2) is 5.65 Å². The Morgan fingerprint density at radius 3 is 2.83 bits per heavy atom. The molecule has 0 fully saturated rings. The van der Waals surface area contributed by atoms with Crippen molar-refractivity contribution in [2.24, 2.45) is 0 Å². The Labute approximate surface area is 167 Å². The highest BCUT2D eigenvalue weighted by molar-refractivity contribution is 5.81. The van der Waals surface area contributed by atoms with Gasteiger partial charge in [-0.25, -0.2) is 14.6 Å². The second kappa shape index (κ2) is 8.18. The van der Waals surface area contributed by atoms with Crippen molar-refractivity contribution >= 4 is 23.4 Å². The lowest BCUT2D eigenvalue weighted by molar-refractivity contribution is -0.674. The predicted molar refractivity (Wildman–Crippen MR) is 101 cm³/mol. The Kier molecular flexibility index (Phi) is 5.68. The van der Waals surface area contributed by atoms with Crippen LogP contribution in [0.15, 0.2) is 24.8 Å². The van der Waals surface area contributed by atoms with Gasteiger partial charge >= 0.3 is 12.1 Å². The molecule has 0 aliphatic carbocycles. The zero-order valence-electron chi connectivity index (χ0n) is 16.7. The highest BCUT2D eigenvalue weighted by atomic mass is 16.6. The van der Waals surface area contributed by atoms with E-state index in [9.17, 15) is 9.59 Å². The summed E-state index contributed by atoms with van der Waals surface area (Å²) in [5.74, 6) is 5.28. The number of rotatable bonds is 4. The van der Waals surface area contributed by atoms with E-state index in [-0.39, 0.29) is 13.0 Å². The number of esters is 1. The molecule has 10 nitrogen and oxygen atoms in total. The van der Waals surface area contributed by atoms with E-state index in [4.69, 9.17) is 9.47 Å². The minimum absolute atomic E-state index is 0.0663. The maximum absolute atomic E-state index is 12.1. The maximum Gasteiger partial charge on any atom is 0.408 e. The second-order valence-electron chi connectivity index (χ2n) is 7.14. The van der Waals surface area contributed by atoms with Crippen LogP contribution in [0.5, 0.6) is 0 Å². The number of aromatic nitrogens is 5. The summed E-state index contributed by atoms with van der Waals surface area (Å²) in [5.41, 5.74) is 1.12. The van der Waals surface area contributed by atoms with Gasteiger partial charge in [0.25, 0.3) is 0 Å². The van der Waals surface area contributed by atoms with Crippen LogP contribution in [-0.2, 0) is 14.3 Å². The lowest BCUT2D eigenvalue weighted by Crippen LogP contribution is -2.44. The Balaban J connectivity index is 1.73. The Bertz CT molecular complexity index is 1100. The Morgan fingerprint density at radius 2 is 2.10 bits per heavy atom. The first-order valence-corrected chi connectivity index (χ1v) is 9.09. The molecule has 3 heterocycles. The first-order valence-electron chi connectivity index (χ1n) is 9.09. The summed E-state index contributed by atoms with van der Waals surface area (Å²) in [4.78, 5) is 32.5. The third kappa shape index (κ3) is 5.01. The number of fused-ring (bicyclic) bond motifs is 3. The number of hydrogen-bond acceptors (Lipinski definition) is 6. The molecule has 3 aromatic heterocycles. The molecule has 1 atom stereocenters. The van der Waals surface area contributed by atoms with Gasteiger partial charge in [-0.3, -0.25) is 0 Å². The fourth-order valence-corrected chi connectivity index (χ4v) is 2.50. The zero-order chi connectivity index (χ0) is 21.0. The summed E-state index contributed by atoms with van der Waals surface area (Å²) < 4.78 is 13.5. The fraction of sp³-hybridized carbons (Fsp3) is 0.421. The van der Waals surface area contributed by atoms with Crippen LogP contribution in [-0.4, -0.2) is 44.8 Å². The van der Waals surface area contributed by atoms with Crippen molar-refractivity contribution in [3.8, 4) is 11.8 Å². The first-order chi connectivity index (χ1) is 13.8. The van der Waals surface area contributed by atoms with Crippen LogP contribution in [0.1, 0.15) is 39.7 Å². The van der Waals surface area contributed by atoms with E-state index in [1.807, 2.05) is 0 Å². The molecule has 0 aromatic carbocycles. The van der Waals surface area contributed by atoms with Crippen LogP contribution >= 0.6 is 0 Å². The lowest BCUT2D eigenvalue weighted by atomic mass is 10.2. The SMILES string of the molecule is CCOC(=O)C(CC#Cc1cn2c3nccnc3[n-][n+]2c1)NC(=O)OC(C)(C)C. The van der Waals surface area contributed by atoms with Crippen LogP contribution in [0, 0.1) is 11.8 Å². The molecule has 0 aliphatic rings. The number of carbonyl (C=O) groups excluding carboxylic acids is 2. The molecule has 0 bridgehead atoms. The Morgan fingerprint density at radius 1 is 1.34 bits per heavy atom. The molecule has 29 heavy (non-hydrogen) atoms. The normalized spacial score (nSPS) is 12.3. The molecule has 10 heteroatoms. The number of alkyl carbamates (subject to hydrolysis) is 1. The molecule has 3 rings (SSSR count). The number of nitrogens with zero attached hydrogens (tertiary/aromatic N) is 5. The highest BCUT2D eigenvalue weighted by Crippen LogP contribution is 2.08. The molecular weight excluding hydrogens is 376 g/mol. The van der Waals surface area contributed by atoms with Crippen molar-refractivity contribution in [1.29, 1.82) is 0 Å². The number of carbonyl (C=O) groups is 2. The lowest BCUT2D eigenvalue weighted by Gasteiger charge is -2.22. The summed E-state index contributed by atoms with van der Waals surface area (Å²) in [6, 6.07) is -0.935. The standard InChI is InChI=1S/C19H22N6O4/c1-5-28-17(26)14(22-18(27)29-19(2,3)4)8-6-7-13-11-24-16-15(20-9-10-21-16)23-25(24)12-13/h9-12,14H,5,8H2,1-4H3,(H,22,27).